The molecule has 1 amide bonds. The minimum Gasteiger partial charge on any atom is -0.449 e. The Kier molecular flexibility index (Phi) is 5.56. The van der Waals surface area contributed by atoms with E-state index in [0.717, 1.165) is 5.69 Å². The second kappa shape index (κ2) is 7.00. The van der Waals surface area contributed by atoms with Gasteiger partial charge in [-0.25, -0.2) is 4.79 Å². The Morgan fingerprint density at radius 1 is 1.38 bits per heavy atom. The van der Waals surface area contributed by atoms with Gasteiger partial charge in [0.25, 0.3) is 0 Å². The quantitative estimate of drug-likeness (QED) is 0.472. The summed E-state index contributed by atoms with van der Waals surface area (Å²) >= 11 is 1.26. The van der Waals surface area contributed by atoms with Gasteiger partial charge in [-0.15, -0.1) is 0 Å². The Labute approximate surface area is 99.9 Å². The molecule has 1 aromatic carbocycles. The first-order valence-electron chi connectivity index (χ1n) is 5.07. The van der Waals surface area contributed by atoms with Crippen molar-refractivity contribution in [1.29, 1.82) is 0 Å². The molecule has 4 nitrogen and oxygen atoms in total. The number of carbonyl (C=O) groups excluding carboxylic acids is 1. The summed E-state index contributed by atoms with van der Waals surface area (Å²) in [5, 5.41) is 3.16. The molecule has 0 aliphatic heterocycles. The Morgan fingerprint density at radius 2 is 2.06 bits per heavy atom. The number of carbonyl (C=O) groups is 1. The minimum atomic E-state index is -0.404. The van der Waals surface area contributed by atoms with Gasteiger partial charge < -0.3 is 10.1 Å². The number of ether oxygens (including phenoxy) is 1. The first-order valence-corrected chi connectivity index (χ1v) is 6.06. The van der Waals surface area contributed by atoms with Crippen LogP contribution in [0.5, 0.6) is 0 Å². The molecular weight excluding hydrogens is 224 g/mol. The number of rotatable bonds is 5. The Hall–Kier alpha value is -1.36. The normalized spacial score (nSPS) is 9.62. The number of benzene rings is 1. The van der Waals surface area contributed by atoms with Crippen LogP contribution in [0.15, 0.2) is 24.3 Å². The van der Waals surface area contributed by atoms with Crippen LogP contribution in [0.1, 0.15) is 12.5 Å². The molecule has 0 bridgehead atoms. The van der Waals surface area contributed by atoms with E-state index in [-0.39, 0.29) is 0 Å². The molecule has 0 atom stereocenters. The van der Waals surface area contributed by atoms with Crippen molar-refractivity contribution in [3.63, 3.8) is 0 Å². The maximum atomic E-state index is 10.9. The van der Waals surface area contributed by atoms with Crippen molar-refractivity contribution in [2.24, 2.45) is 0 Å². The molecule has 1 rings (SSSR count). The molecule has 5 heteroatoms. The lowest BCUT2D eigenvalue weighted by molar-refractivity contribution is 0.159. The monoisotopic (exact) mass is 240 g/mol. The van der Waals surface area contributed by atoms with E-state index in [0.29, 0.717) is 12.5 Å². The number of nitrogens with one attached hydrogen (secondary N) is 2. The van der Waals surface area contributed by atoms with Gasteiger partial charge in [-0.2, -0.15) is 0 Å². The van der Waals surface area contributed by atoms with Crippen LogP contribution in [0.4, 0.5) is 10.5 Å². The maximum Gasteiger partial charge on any atom is 0.417 e. The second-order valence-electron chi connectivity index (χ2n) is 3.15. The van der Waals surface area contributed by atoms with E-state index in [9.17, 15) is 4.79 Å². The largest absolute Gasteiger partial charge is 0.449 e. The van der Waals surface area contributed by atoms with Crippen LogP contribution in [-0.4, -0.2) is 18.6 Å². The number of anilines is 1. The summed E-state index contributed by atoms with van der Waals surface area (Å²) in [6.45, 7) is 4.20. The van der Waals surface area contributed by atoms with E-state index in [1.807, 2.05) is 31.2 Å². The highest BCUT2D eigenvalue weighted by atomic mass is 32.2. The first kappa shape index (κ1) is 12.7. The highest BCUT2D eigenvalue weighted by Crippen LogP contribution is 2.09. The minimum absolute atomic E-state index is 0.387. The van der Waals surface area contributed by atoms with Crippen molar-refractivity contribution in [2.45, 2.75) is 13.8 Å². The molecule has 0 spiro atoms. The van der Waals surface area contributed by atoms with Crippen LogP contribution < -0.4 is 10.0 Å². The van der Waals surface area contributed by atoms with Gasteiger partial charge in [-0.3, -0.25) is 4.72 Å². The number of hydrogen-bond acceptors (Lipinski definition) is 4. The standard InChI is InChI=1S/C11H16N2O2S/c1-3-15-11(14)13-16-8-12-10-6-4-9(2)5-7-10/h4-7,12H,3,8H2,1-2H3,(H,13,14). The van der Waals surface area contributed by atoms with Crippen LogP contribution in [0, 0.1) is 6.92 Å². The fourth-order valence-corrected chi connectivity index (χ4v) is 1.53. The molecule has 0 aliphatic rings. The molecule has 0 saturated heterocycles. The second-order valence-corrected chi connectivity index (χ2v) is 3.94. The predicted octanol–water partition coefficient (Wildman–Crippen LogP) is 2.76. The lowest BCUT2D eigenvalue weighted by Crippen LogP contribution is -2.18. The van der Waals surface area contributed by atoms with Crippen molar-refractivity contribution in [2.75, 3.05) is 17.8 Å². The molecule has 0 fully saturated rings. The van der Waals surface area contributed by atoms with Crippen LogP contribution in [-0.2, 0) is 4.74 Å². The van der Waals surface area contributed by atoms with Gasteiger partial charge in [0.15, 0.2) is 0 Å². The highest BCUT2D eigenvalue weighted by molar-refractivity contribution is 7.97. The van der Waals surface area contributed by atoms with Crippen LogP contribution in [0.25, 0.3) is 0 Å². The van der Waals surface area contributed by atoms with Crippen molar-refractivity contribution >= 4 is 23.7 Å². The average Bonchev–Trinajstić information content (AvgIpc) is 2.27. The van der Waals surface area contributed by atoms with Gasteiger partial charge in [0.1, 0.15) is 0 Å². The SMILES string of the molecule is CCOC(=O)NSCNc1ccc(C)cc1. The summed E-state index contributed by atoms with van der Waals surface area (Å²) in [5.41, 5.74) is 2.26. The highest BCUT2D eigenvalue weighted by Gasteiger charge is 1.98. The third-order valence-electron chi connectivity index (χ3n) is 1.83. The first-order chi connectivity index (χ1) is 7.72. The van der Waals surface area contributed by atoms with Gasteiger partial charge >= 0.3 is 6.09 Å². The van der Waals surface area contributed by atoms with Gasteiger partial charge in [0.2, 0.25) is 0 Å². The van der Waals surface area contributed by atoms with Crippen molar-refractivity contribution in [3.05, 3.63) is 29.8 Å². The van der Waals surface area contributed by atoms with Crippen molar-refractivity contribution < 1.29 is 9.53 Å². The summed E-state index contributed by atoms with van der Waals surface area (Å²) in [6.07, 6.45) is -0.404. The van der Waals surface area contributed by atoms with Crippen LogP contribution in [0.3, 0.4) is 0 Å². The Morgan fingerprint density at radius 3 is 2.69 bits per heavy atom. The van der Waals surface area contributed by atoms with Crippen molar-refractivity contribution in [3.8, 4) is 0 Å². The van der Waals surface area contributed by atoms with E-state index >= 15 is 0 Å². The van der Waals surface area contributed by atoms with Crippen LogP contribution in [0.2, 0.25) is 0 Å². The molecule has 0 saturated carbocycles. The van der Waals surface area contributed by atoms with Gasteiger partial charge in [0, 0.05) is 5.69 Å². The van der Waals surface area contributed by atoms with E-state index in [4.69, 9.17) is 4.74 Å². The summed E-state index contributed by atoms with van der Waals surface area (Å²) in [4.78, 5) is 10.9. The average molecular weight is 240 g/mol. The van der Waals surface area contributed by atoms with Crippen molar-refractivity contribution in [1.82, 2.24) is 4.72 Å². The molecule has 2 N–H and O–H groups in total. The summed E-state index contributed by atoms with van der Waals surface area (Å²) in [6, 6.07) is 8.07. The Bertz CT molecular complexity index is 327. The lowest BCUT2D eigenvalue weighted by atomic mass is 10.2. The fraction of sp³-hybridized carbons (Fsp3) is 0.364. The number of aryl methyl sites for hydroxylation is 1. The van der Waals surface area contributed by atoms with Gasteiger partial charge in [-0.05, 0) is 37.9 Å². The zero-order valence-corrected chi connectivity index (χ0v) is 10.3. The lowest BCUT2D eigenvalue weighted by Gasteiger charge is -2.07. The maximum absolute atomic E-state index is 10.9. The third kappa shape index (κ3) is 4.93. The van der Waals surface area contributed by atoms with E-state index in [2.05, 4.69) is 10.0 Å². The zero-order chi connectivity index (χ0) is 11.8. The molecule has 0 unspecified atom stereocenters. The van der Waals surface area contributed by atoms with E-state index in [1.54, 1.807) is 6.92 Å². The Balaban J connectivity index is 2.16. The summed E-state index contributed by atoms with van der Waals surface area (Å²) in [7, 11) is 0. The predicted molar refractivity (Wildman–Crippen MR) is 67.4 cm³/mol. The molecule has 16 heavy (non-hydrogen) atoms. The number of amides is 1. The van der Waals surface area contributed by atoms with Gasteiger partial charge in [0.05, 0.1) is 12.5 Å². The smallest absolute Gasteiger partial charge is 0.417 e. The van der Waals surface area contributed by atoms with E-state index in [1.165, 1.54) is 17.5 Å². The summed E-state index contributed by atoms with van der Waals surface area (Å²) in [5.74, 6) is 0.599. The molecule has 1 aromatic rings. The molecule has 88 valence electrons. The molecule has 0 heterocycles. The fourth-order valence-electron chi connectivity index (χ4n) is 1.05. The number of hydrogen-bond donors (Lipinski definition) is 2. The molecule has 0 radical (unpaired) electrons. The molecular formula is C11H16N2O2S. The van der Waals surface area contributed by atoms with Gasteiger partial charge in [-0.1, -0.05) is 17.7 Å². The zero-order valence-electron chi connectivity index (χ0n) is 9.45. The summed E-state index contributed by atoms with van der Waals surface area (Å²) < 4.78 is 7.27. The van der Waals surface area contributed by atoms with E-state index < -0.39 is 6.09 Å². The molecule has 0 aromatic heterocycles. The molecule has 0 aliphatic carbocycles. The topological polar surface area (TPSA) is 50.4 Å². The van der Waals surface area contributed by atoms with Crippen LogP contribution >= 0.6 is 11.9 Å². The third-order valence-corrected chi connectivity index (χ3v) is 2.43.